The van der Waals surface area contributed by atoms with Gasteiger partial charge in [-0.1, -0.05) is 34.5 Å². The van der Waals surface area contributed by atoms with Crippen LogP contribution in [0.5, 0.6) is 10.9 Å². The van der Waals surface area contributed by atoms with Crippen LogP contribution in [-0.2, 0) is 4.74 Å². The van der Waals surface area contributed by atoms with Gasteiger partial charge in [0.2, 0.25) is 0 Å². The molecule has 30 heavy (non-hydrogen) atoms. The van der Waals surface area contributed by atoms with Gasteiger partial charge in [-0.05, 0) is 37.9 Å². The standard InChI is InChI=1S/C19H24BClFN3O4S/c1-20(26)25-12-4-3-5-14(25)17(22)16(9-12)29-19-24-23-18(30-19)13-7-6-11(21)8-15(13)28-10-27-2/h6-8,12,14,16-17,26H,3-5,9-10H2,1-2H3/t12?,14?,16-,17+/m0/s1. The molecule has 4 atom stereocenters. The Kier molecular flexibility index (Phi) is 6.79. The third-order valence-electron chi connectivity index (χ3n) is 5.67. The molecule has 1 N–H and O–H groups in total. The number of benzene rings is 1. The summed E-state index contributed by atoms with van der Waals surface area (Å²) in [7, 11) is 0.871. The van der Waals surface area contributed by atoms with E-state index >= 15 is 4.39 Å². The van der Waals surface area contributed by atoms with Crippen molar-refractivity contribution in [2.45, 2.75) is 56.9 Å². The van der Waals surface area contributed by atoms with Gasteiger partial charge in [-0.2, -0.15) is 0 Å². The van der Waals surface area contributed by atoms with Crippen molar-refractivity contribution in [3.05, 3.63) is 23.2 Å². The molecule has 2 saturated heterocycles. The van der Waals surface area contributed by atoms with Gasteiger partial charge < -0.3 is 24.0 Å². The molecule has 162 valence electrons. The molecule has 0 amide bonds. The summed E-state index contributed by atoms with van der Waals surface area (Å²) in [5, 5.41) is 19.8. The van der Waals surface area contributed by atoms with Crippen LogP contribution in [0.3, 0.4) is 0 Å². The maximum Gasteiger partial charge on any atom is 0.376 e. The van der Waals surface area contributed by atoms with Crippen LogP contribution in [-0.4, -0.2) is 65.3 Å². The first-order valence-corrected chi connectivity index (χ1v) is 11.2. The summed E-state index contributed by atoms with van der Waals surface area (Å²) in [5.74, 6) is 0.523. The highest BCUT2D eigenvalue weighted by atomic mass is 35.5. The Morgan fingerprint density at radius 1 is 1.37 bits per heavy atom. The second-order valence-electron chi connectivity index (χ2n) is 7.63. The van der Waals surface area contributed by atoms with Crippen LogP contribution in [0.1, 0.15) is 25.7 Å². The molecule has 2 aromatic rings. The van der Waals surface area contributed by atoms with Gasteiger partial charge >= 0.3 is 7.05 Å². The normalized spacial score (nSPS) is 26.4. The van der Waals surface area contributed by atoms with E-state index in [2.05, 4.69) is 10.2 Å². The van der Waals surface area contributed by atoms with Crippen LogP contribution >= 0.6 is 22.9 Å². The molecule has 0 saturated carbocycles. The van der Waals surface area contributed by atoms with E-state index in [1.54, 1.807) is 25.0 Å². The summed E-state index contributed by atoms with van der Waals surface area (Å²) in [6.07, 6.45) is 1.33. The van der Waals surface area contributed by atoms with Crippen LogP contribution in [0.2, 0.25) is 11.8 Å². The van der Waals surface area contributed by atoms with Crippen LogP contribution < -0.4 is 9.47 Å². The van der Waals surface area contributed by atoms with Crippen molar-refractivity contribution in [3.8, 4) is 21.5 Å². The number of piperidine rings is 2. The molecule has 0 spiro atoms. The van der Waals surface area contributed by atoms with Gasteiger partial charge in [-0.3, -0.25) is 0 Å². The minimum Gasteiger partial charge on any atom is -0.467 e. The summed E-state index contributed by atoms with van der Waals surface area (Å²) in [6, 6.07) is 4.99. The molecule has 2 aliphatic heterocycles. The van der Waals surface area contributed by atoms with Gasteiger partial charge in [0, 0.05) is 30.6 Å². The van der Waals surface area contributed by atoms with Gasteiger partial charge in [0.05, 0.1) is 5.56 Å². The Hall–Kier alpha value is -1.46. The third kappa shape index (κ3) is 4.43. The average Bonchev–Trinajstić information content (AvgIpc) is 3.18. The Balaban J connectivity index is 1.51. The van der Waals surface area contributed by atoms with Crippen LogP contribution in [0, 0.1) is 0 Å². The summed E-state index contributed by atoms with van der Waals surface area (Å²) in [5.41, 5.74) is 0.710. The fraction of sp³-hybridized carbons (Fsp3) is 0.579. The predicted octanol–water partition coefficient (Wildman–Crippen LogP) is 3.66. The zero-order chi connectivity index (χ0) is 21.3. The maximum absolute atomic E-state index is 15.2. The van der Waals surface area contributed by atoms with E-state index in [4.69, 9.17) is 25.8 Å². The number of rotatable bonds is 7. The zero-order valence-electron chi connectivity index (χ0n) is 16.8. The van der Waals surface area contributed by atoms with E-state index in [0.29, 0.717) is 33.0 Å². The number of aromatic nitrogens is 2. The maximum atomic E-state index is 15.2. The van der Waals surface area contributed by atoms with Gasteiger partial charge in [-0.25, -0.2) is 4.39 Å². The van der Waals surface area contributed by atoms with Crippen molar-refractivity contribution in [1.29, 1.82) is 0 Å². The first-order chi connectivity index (χ1) is 14.5. The van der Waals surface area contributed by atoms with Crippen molar-refractivity contribution in [1.82, 2.24) is 15.0 Å². The molecule has 4 rings (SSSR count). The number of fused-ring (bicyclic) bond motifs is 2. The lowest BCUT2D eigenvalue weighted by molar-refractivity contribution is -0.0438. The number of hydrogen-bond acceptors (Lipinski definition) is 8. The minimum absolute atomic E-state index is 0.0731. The molecule has 2 bridgehead atoms. The highest BCUT2D eigenvalue weighted by Gasteiger charge is 2.48. The van der Waals surface area contributed by atoms with Gasteiger partial charge in [-0.15, -0.1) is 5.10 Å². The predicted molar refractivity (Wildman–Crippen MR) is 114 cm³/mol. The summed E-state index contributed by atoms with van der Waals surface area (Å²) >= 11 is 7.30. The number of halogens is 2. The van der Waals surface area contributed by atoms with Gasteiger partial charge in [0.25, 0.3) is 5.19 Å². The third-order valence-corrected chi connectivity index (χ3v) is 6.75. The highest BCUT2D eigenvalue weighted by Crippen LogP contribution is 2.40. The Morgan fingerprint density at radius 3 is 2.97 bits per heavy atom. The zero-order valence-corrected chi connectivity index (χ0v) is 18.4. The summed E-state index contributed by atoms with van der Waals surface area (Å²) in [6.45, 7) is 1.77. The number of ether oxygens (including phenoxy) is 3. The topological polar surface area (TPSA) is 76.9 Å². The number of hydrogen-bond donors (Lipinski definition) is 1. The van der Waals surface area contributed by atoms with Crippen molar-refractivity contribution >= 4 is 30.0 Å². The molecule has 0 radical (unpaired) electrons. The fourth-order valence-corrected chi connectivity index (χ4v) is 5.39. The number of nitrogens with zero attached hydrogens (tertiary/aromatic N) is 3. The van der Waals surface area contributed by atoms with E-state index in [9.17, 15) is 5.02 Å². The van der Waals surface area contributed by atoms with Gasteiger partial charge in [0.1, 0.15) is 11.9 Å². The molecule has 2 unspecified atom stereocenters. The average molecular weight is 456 g/mol. The molecule has 2 fully saturated rings. The second kappa shape index (κ2) is 9.36. The lowest BCUT2D eigenvalue weighted by atomic mass is 9.71. The molecule has 3 heterocycles. The Bertz CT molecular complexity index is 876. The first-order valence-electron chi connectivity index (χ1n) is 9.99. The molecule has 7 nitrogen and oxygen atoms in total. The minimum atomic E-state index is -1.19. The van der Waals surface area contributed by atoms with Crippen molar-refractivity contribution < 1.29 is 23.6 Å². The molecule has 0 aliphatic carbocycles. The first kappa shape index (κ1) is 21.8. The van der Waals surface area contributed by atoms with E-state index in [0.717, 1.165) is 19.3 Å². The molecule has 1 aromatic carbocycles. The van der Waals surface area contributed by atoms with Crippen LogP contribution in [0.4, 0.5) is 4.39 Å². The molecular formula is C19H24BClFN3O4S. The van der Waals surface area contributed by atoms with Crippen molar-refractivity contribution in [3.63, 3.8) is 0 Å². The van der Waals surface area contributed by atoms with Crippen LogP contribution in [0.15, 0.2) is 18.2 Å². The van der Waals surface area contributed by atoms with Crippen molar-refractivity contribution in [2.75, 3.05) is 13.9 Å². The van der Waals surface area contributed by atoms with E-state index in [1.165, 1.54) is 18.4 Å². The summed E-state index contributed by atoms with van der Waals surface area (Å²) in [4.78, 5) is 1.90. The van der Waals surface area contributed by atoms with Crippen LogP contribution in [0.25, 0.3) is 10.6 Å². The largest absolute Gasteiger partial charge is 0.467 e. The lowest BCUT2D eigenvalue weighted by Crippen LogP contribution is -2.64. The van der Waals surface area contributed by atoms with E-state index < -0.39 is 19.3 Å². The lowest BCUT2D eigenvalue weighted by Gasteiger charge is -2.50. The quantitative estimate of drug-likeness (QED) is 0.504. The number of alkyl halides is 1. The smallest absolute Gasteiger partial charge is 0.376 e. The molecule has 1 aromatic heterocycles. The highest BCUT2D eigenvalue weighted by molar-refractivity contribution is 7.16. The Morgan fingerprint density at radius 2 is 2.20 bits per heavy atom. The molecule has 2 aliphatic rings. The second-order valence-corrected chi connectivity index (χ2v) is 9.01. The van der Waals surface area contributed by atoms with E-state index in [1.807, 2.05) is 4.81 Å². The van der Waals surface area contributed by atoms with Crippen molar-refractivity contribution in [2.24, 2.45) is 0 Å². The summed E-state index contributed by atoms with van der Waals surface area (Å²) < 4.78 is 31.7. The molecule has 11 heteroatoms. The molecular weight excluding hydrogens is 432 g/mol. The monoisotopic (exact) mass is 455 g/mol. The Labute approximate surface area is 184 Å². The van der Waals surface area contributed by atoms with Gasteiger partial charge in [0.15, 0.2) is 18.0 Å². The fourth-order valence-electron chi connectivity index (χ4n) is 4.45. The van der Waals surface area contributed by atoms with E-state index in [-0.39, 0.29) is 18.9 Å². The number of methoxy groups -OCH3 is 1. The SMILES string of the molecule is COCOc1cc(Cl)ccc1-c1nnc(O[C@H]2CC3CCCC([C@H]2F)N3B(C)O)s1.